The average Bonchev–Trinajstić information content (AvgIpc) is 2.37. The molecule has 0 amide bonds. The molecule has 0 aliphatic carbocycles. The van der Waals surface area contributed by atoms with Crippen molar-refractivity contribution in [2.24, 2.45) is 0 Å². The lowest BCUT2D eigenvalue weighted by molar-refractivity contribution is -0.0150. The van der Waals surface area contributed by atoms with E-state index in [1.165, 1.54) is 6.42 Å². The maximum Gasteiger partial charge on any atom is 0.0775 e. The highest BCUT2D eigenvalue weighted by Crippen LogP contribution is 2.17. The molecule has 3 heteroatoms. The normalized spacial score (nSPS) is 16.0. The zero-order valence-corrected chi connectivity index (χ0v) is 13.5. The SMILES string of the molecule is CCCNC(CCN(C)C(C)CC)C(C)(C)OC. The molecule has 0 aromatic rings. The number of nitrogens with one attached hydrogen (secondary N) is 1. The van der Waals surface area contributed by atoms with Gasteiger partial charge in [-0.15, -0.1) is 0 Å². The summed E-state index contributed by atoms with van der Waals surface area (Å²) in [7, 11) is 4.02. The van der Waals surface area contributed by atoms with Gasteiger partial charge in [0.15, 0.2) is 0 Å². The van der Waals surface area contributed by atoms with E-state index in [0.29, 0.717) is 12.1 Å². The van der Waals surface area contributed by atoms with Crippen LogP contribution in [0, 0.1) is 0 Å². The van der Waals surface area contributed by atoms with Gasteiger partial charge in [0.2, 0.25) is 0 Å². The van der Waals surface area contributed by atoms with E-state index in [1.807, 2.05) is 0 Å². The molecule has 0 aliphatic heterocycles. The van der Waals surface area contributed by atoms with Crippen molar-refractivity contribution in [3.05, 3.63) is 0 Å². The Kier molecular flexibility index (Phi) is 8.83. The molecule has 0 heterocycles. The van der Waals surface area contributed by atoms with Gasteiger partial charge in [0.25, 0.3) is 0 Å². The molecule has 0 aromatic carbocycles. The summed E-state index contributed by atoms with van der Waals surface area (Å²) in [6.07, 6.45) is 3.50. The molecule has 110 valence electrons. The summed E-state index contributed by atoms with van der Waals surface area (Å²) >= 11 is 0. The van der Waals surface area contributed by atoms with Crippen LogP contribution in [0.1, 0.15) is 53.9 Å². The van der Waals surface area contributed by atoms with Crippen LogP contribution in [0.3, 0.4) is 0 Å². The van der Waals surface area contributed by atoms with Crippen molar-refractivity contribution >= 4 is 0 Å². The summed E-state index contributed by atoms with van der Waals surface area (Å²) in [6, 6.07) is 1.07. The van der Waals surface area contributed by atoms with Crippen molar-refractivity contribution in [1.29, 1.82) is 0 Å². The first kappa shape index (κ1) is 17.9. The molecule has 2 atom stereocenters. The number of nitrogens with zero attached hydrogens (tertiary/aromatic N) is 1. The molecule has 0 fully saturated rings. The molecule has 3 nitrogen and oxygen atoms in total. The van der Waals surface area contributed by atoms with E-state index >= 15 is 0 Å². The molecular formula is C15H34N2O. The lowest BCUT2D eigenvalue weighted by Gasteiger charge is -2.35. The van der Waals surface area contributed by atoms with Crippen molar-refractivity contribution in [1.82, 2.24) is 10.2 Å². The Balaban J connectivity index is 4.32. The topological polar surface area (TPSA) is 24.5 Å². The summed E-state index contributed by atoms with van der Waals surface area (Å²) in [5.41, 5.74) is -0.106. The summed E-state index contributed by atoms with van der Waals surface area (Å²) < 4.78 is 5.63. The van der Waals surface area contributed by atoms with Crippen LogP contribution in [-0.2, 0) is 4.74 Å². The highest BCUT2D eigenvalue weighted by atomic mass is 16.5. The fourth-order valence-electron chi connectivity index (χ4n) is 2.02. The second-order valence-corrected chi connectivity index (χ2v) is 5.84. The Labute approximate surface area is 114 Å². The Morgan fingerprint density at radius 2 is 1.89 bits per heavy atom. The van der Waals surface area contributed by atoms with Crippen molar-refractivity contribution in [3.8, 4) is 0 Å². The van der Waals surface area contributed by atoms with Crippen LogP contribution in [-0.4, -0.2) is 49.8 Å². The maximum absolute atomic E-state index is 5.63. The Morgan fingerprint density at radius 1 is 1.28 bits per heavy atom. The summed E-state index contributed by atoms with van der Waals surface area (Å²) in [5.74, 6) is 0. The molecule has 0 saturated heterocycles. The monoisotopic (exact) mass is 258 g/mol. The van der Waals surface area contributed by atoms with Crippen LogP contribution in [0.15, 0.2) is 0 Å². The lowest BCUT2D eigenvalue weighted by atomic mass is 9.95. The first-order valence-electron chi connectivity index (χ1n) is 7.37. The molecule has 1 N–H and O–H groups in total. The molecule has 0 aromatic heterocycles. The fraction of sp³-hybridized carbons (Fsp3) is 1.00. The Bertz CT molecular complexity index is 207. The molecule has 2 unspecified atom stereocenters. The molecule has 0 aliphatic rings. The average molecular weight is 258 g/mol. The van der Waals surface area contributed by atoms with Crippen molar-refractivity contribution in [2.75, 3.05) is 27.2 Å². The molecule has 18 heavy (non-hydrogen) atoms. The summed E-state index contributed by atoms with van der Waals surface area (Å²) in [6.45, 7) is 13.2. The molecule has 0 bridgehead atoms. The van der Waals surface area contributed by atoms with Crippen molar-refractivity contribution in [3.63, 3.8) is 0 Å². The number of methoxy groups -OCH3 is 1. The summed E-state index contributed by atoms with van der Waals surface area (Å²) in [4.78, 5) is 2.44. The Morgan fingerprint density at radius 3 is 2.33 bits per heavy atom. The van der Waals surface area contributed by atoms with Gasteiger partial charge in [0.05, 0.1) is 5.60 Å². The van der Waals surface area contributed by atoms with E-state index in [1.54, 1.807) is 7.11 Å². The van der Waals surface area contributed by atoms with Crippen LogP contribution >= 0.6 is 0 Å². The third kappa shape index (κ3) is 6.17. The van der Waals surface area contributed by atoms with Gasteiger partial charge in [-0.2, -0.15) is 0 Å². The second kappa shape index (κ2) is 8.89. The van der Waals surface area contributed by atoms with Crippen molar-refractivity contribution in [2.45, 2.75) is 71.6 Å². The van der Waals surface area contributed by atoms with E-state index in [4.69, 9.17) is 4.74 Å². The third-order valence-electron chi connectivity index (χ3n) is 4.12. The van der Waals surface area contributed by atoms with Gasteiger partial charge < -0.3 is 15.0 Å². The van der Waals surface area contributed by atoms with Gasteiger partial charge in [-0.1, -0.05) is 13.8 Å². The van der Waals surface area contributed by atoms with E-state index in [0.717, 1.165) is 25.9 Å². The number of hydrogen-bond donors (Lipinski definition) is 1. The van der Waals surface area contributed by atoms with Crippen LogP contribution in [0.4, 0.5) is 0 Å². The van der Waals surface area contributed by atoms with Crippen LogP contribution < -0.4 is 5.32 Å². The zero-order valence-electron chi connectivity index (χ0n) is 13.5. The minimum atomic E-state index is -0.106. The second-order valence-electron chi connectivity index (χ2n) is 5.84. The molecule has 0 saturated carbocycles. The largest absolute Gasteiger partial charge is 0.377 e. The quantitative estimate of drug-likeness (QED) is 0.652. The molecular weight excluding hydrogens is 224 g/mol. The number of ether oxygens (including phenoxy) is 1. The fourth-order valence-corrected chi connectivity index (χ4v) is 2.02. The van der Waals surface area contributed by atoms with E-state index in [2.05, 4.69) is 51.9 Å². The standard InChI is InChI=1S/C15H34N2O/c1-8-11-16-14(15(4,5)18-7)10-12-17(6)13(3)9-2/h13-14,16H,8-12H2,1-7H3. The highest BCUT2D eigenvalue weighted by Gasteiger charge is 2.28. The number of hydrogen-bond acceptors (Lipinski definition) is 3. The lowest BCUT2D eigenvalue weighted by Crippen LogP contribution is -2.50. The van der Waals surface area contributed by atoms with Gasteiger partial charge in [0.1, 0.15) is 0 Å². The van der Waals surface area contributed by atoms with Crippen LogP contribution in [0.2, 0.25) is 0 Å². The van der Waals surface area contributed by atoms with Gasteiger partial charge in [-0.25, -0.2) is 0 Å². The van der Waals surface area contributed by atoms with Crippen molar-refractivity contribution < 1.29 is 4.74 Å². The number of rotatable bonds is 10. The van der Waals surface area contributed by atoms with Gasteiger partial charge in [-0.05, 0) is 60.2 Å². The van der Waals surface area contributed by atoms with E-state index in [-0.39, 0.29) is 5.60 Å². The van der Waals surface area contributed by atoms with Crippen LogP contribution in [0.25, 0.3) is 0 Å². The zero-order chi connectivity index (χ0) is 14.2. The molecule has 0 spiro atoms. The van der Waals surface area contributed by atoms with E-state index < -0.39 is 0 Å². The first-order chi connectivity index (χ1) is 8.38. The van der Waals surface area contributed by atoms with Gasteiger partial charge in [-0.3, -0.25) is 0 Å². The van der Waals surface area contributed by atoms with Gasteiger partial charge in [0, 0.05) is 19.2 Å². The summed E-state index contributed by atoms with van der Waals surface area (Å²) in [5, 5.41) is 3.62. The third-order valence-corrected chi connectivity index (χ3v) is 4.12. The maximum atomic E-state index is 5.63. The molecule has 0 radical (unpaired) electrons. The Hall–Kier alpha value is -0.120. The van der Waals surface area contributed by atoms with Gasteiger partial charge >= 0.3 is 0 Å². The minimum absolute atomic E-state index is 0.106. The molecule has 0 rings (SSSR count). The smallest absolute Gasteiger partial charge is 0.0775 e. The minimum Gasteiger partial charge on any atom is -0.377 e. The predicted molar refractivity (Wildman–Crippen MR) is 80.2 cm³/mol. The van der Waals surface area contributed by atoms with Crippen LogP contribution in [0.5, 0.6) is 0 Å². The first-order valence-corrected chi connectivity index (χ1v) is 7.37. The van der Waals surface area contributed by atoms with E-state index in [9.17, 15) is 0 Å². The highest BCUT2D eigenvalue weighted by molar-refractivity contribution is 4.86. The predicted octanol–water partition coefficient (Wildman–Crippen LogP) is 2.90.